The number of methoxy groups -OCH3 is 2. The van der Waals surface area contributed by atoms with E-state index in [-0.39, 0.29) is 57.5 Å². The number of Topliss-reactive ketones (excluding diaryl/α,β-unsaturated/α-hetero) is 1. The monoisotopic (exact) mass is 1460 g/mol. The normalized spacial score (nSPS) is 48.5. The van der Waals surface area contributed by atoms with Gasteiger partial charge in [0.25, 0.3) is 0 Å². The number of ketones is 1. The average Bonchev–Trinajstić information content (AvgIpc) is 1.59. The molecule has 16 aliphatic rings. The molecule has 584 valence electrons. The maximum absolute atomic E-state index is 12.0. The molecule has 9 heteroatoms. The minimum Gasteiger partial charge on any atom is -0.393 e. The first kappa shape index (κ1) is 80.6. The molecule has 107 heavy (non-hydrogen) atoms. The van der Waals surface area contributed by atoms with Gasteiger partial charge in [0, 0.05) is 61.6 Å². The number of carbonyl (C=O) groups is 1. The molecule has 0 aromatic carbocycles. The third kappa shape index (κ3) is 12.5. The molecule has 0 spiro atoms. The van der Waals surface area contributed by atoms with Crippen molar-refractivity contribution < 1.29 is 44.9 Å². The van der Waals surface area contributed by atoms with Gasteiger partial charge in [0.1, 0.15) is 28.2 Å². The van der Waals surface area contributed by atoms with Crippen molar-refractivity contribution >= 4 is 5.78 Å². The molecule has 0 saturated heterocycles. The Morgan fingerprint density at radius 1 is 0.421 bits per heavy atom. The van der Waals surface area contributed by atoms with E-state index in [4.69, 9.17) is 35.2 Å². The number of aliphatic hydroxyl groups is 6. The zero-order valence-corrected chi connectivity index (χ0v) is 67.7. The van der Waals surface area contributed by atoms with Crippen LogP contribution in [0, 0.1) is 189 Å². The molecule has 9 nitrogen and oxygen atoms in total. The van der Waals surface area contributed by atoms with Crippen molar-refractivity contribution in [3.63, 3.8) is 0 Å². The topological polar surface area (TPSA) is 157 Å². The van der Waals surface area contributed by atoms with Crippen molar-refractivity contribution in [2.75, 3.05) is 14.2 Å². The molecular weight excluding hydrogens is 1320 g/mol. The average molecular weight is 1460 g/mol. The Labute approximate surface area is 647 Å². The number of ether oxygens (including phenoxy) is 2. The molecule has 0 aromatic heterocycles. The van der Waals surface area contributed by atoms with Gasteiger partial charge in [-0.3, -0.25) is 4.79 Å². The lowest BCUT2D eigenvalue weighted by atomic mass is 9.48. The predicted molar refractivity (Wildman–Crippen MR) is 430 cm³/mol. The SMILES string of the molecule is C#C[C@]1(O)[C@H](C)CC2C3CCC4=C(CCC(=O)C4)C3[C@@H](CC=C)C[C@@]21C.C#C[C@]1(O)[C@H](C)CC2C3CCC4=C(CCC(OC)(OC)C4)C3[C@@H](CC=C)C[C@@]21C.C#C[C@]1(O)[C@H](C)CC2C3CCC4=C(CC[C@@H](O)C4)C3[C@@H](CC=C)C[C@@]21C.C#C[C@]1(O)[C@H](C)CC2C3CCC4=C(CC[C@H](O)C4)C3[C@@H](CC=C)C[C@@]21C. The summed E-state index contributed by atoms with van der Waals surface area (Å²) >= 11 is 0. The highest BCUT2D eigenvalue weighted by atomic mass is 16.7. The number of allylic oxidation sites excluding steroid dienone is 9. The van der Waals surface area contributed by atoms with E-state index in [0.29, 0.717) is 107 Å². The summed E-state index contributed by atoms with van der Waals surface area (Å²) in [7, 11) is 3.54. The number of carbonyl (C=O) groups excluding carboxylic acids is 1. The summed E-state index contributed by atoms with van der Waals surface area (Å²) in [6.07, 6.45) is 63.8. The molecule has 16 aliphatic carbocycles. The van der Waals surface area contributed by atoms with Crippen LogP contribution in [-0.4, -0.2) is 91.0 Å². The van der Waals surface area contributed by atoms with E-state index in [2.05, 4.69) is 124 Å². The number of terminal acetylenes is 4. The van der Waals surface area contributed by atoms with Crippen LogP contribution in [-0.2, 0) is 14.3 Å². The van der Waals surface area contributed by atoms with Crippen LogP contribution in [0.2, 0.25) is 0 Å². The Balaban J connectivity index is 0.000000126. The van der Waals surface area contributed by atoms with Crippen molar-refractivity contribution in [2.45, 2.75) is 301 Å². The van der Waals surface area contributed by atoms with E-state index in [1.165, 1.54) is 24.8 Å². The molecule has 16 rings (SSSR count). The molecule has 0 bridgehead atoms. The lowest BCUT2D eigenvalue weighted by molar-refractivity contribution is -0.214. The Morgan fingerprint density at radius 3 is 1.01 bits per heavy atom. The maximum Gasteiger partial charge on any atom is 0.171 e. The minimum absolute atomic E-state index is 0.143. The van der Waals surface area contributed by atoms with E-state index in [0.717, 1.165) is 180 Å². The molecule has 6 N–H and O–H groups in total. The molecule has 0 heterocycles. The van der Waals surface area contributed by atoms with E-state index in [1.54, 1.807) is 53.2 Å². The largest absolute Gasteiger partial charge is 0.393 e. The predicted octanol–water partition coefficient (Wildman–Crippen LogP) is 18.7. The zero-order chi connectivity index (χ0) is 77.1. The highest BCUT2D eigenvalue weighted by molar-refractivity contribution is 5.83. The molecule has 8 fully saturated rings. The first-order valence-electron chi connectivity index (χ1n) is 42.9. The summed E-state index contributed by atoms with van der Waals surface area (Å²) < 4.78 is 11.6. The van der Waals surface area contributed by atoms with Gasteiger partial charge in [-0.05, 0) is 298 Å². The van der Waals surface area contributed by atoms with Crippen LogP contribution >= 0.6 is 0 Å². The summed E-state index contributed by atoms with van der Waals surface area (Å²) in [5.41, 5.74) is 7.91. The van der Waals surface area contributed by atoms with E-state index in [9.17, 15) is 35.4 Å². The lowest BCUT2D eigenvalue weighted by Gasteiger charge is -2.57. The van der Waals surface area contributed by atoms with Gasteiger partial charge < -0.3 is 40.1 Å². The molecule has 0 aliphatic heterocycles. The summed E-state index contributed by atoms with van der Waals surface area (Å²) in [6, 6.07) is 0. The van der Waals surface area contributed by atoms with E-state index >= 15 is 0 Å². The second-order valence-corrected chi connectivity index (χ2v) is 39.7. The fourth-order valence-electron chi connectivity index (χ4n) is 30.6. The Kier molecular flexibility index (Phi) is 22.7. The molecule has 0 aromatic rings. The number of fused-ring (bicyclic) bond motifs is 16. The standard InChI is InChI=1S/C26H38O3.2C24H34O2.C24H32O2/c1-7-9-19-15-24(4)22(14-17(3)26(24,27)8-2)21-11-10-18-16-25(28-5,29-6)13-12-20(18)23(19)21;3*1-5-7-17-14-23(4)21(12-15(3)24(23,26)6-2)20-10-8-16-13-18(25)9-11-19(16)22(17)20/h2,7,17,19,21-23,27H,1,9-16H2,3-6H3;2*2,5,15,17-18,20-22,25-26H,1,7-14H2,3-4H3;2,5,15,17,20-22,26H,1,7-14H2,3-4H3/t17-,19+,21?,22?,23?,24+,26+;15-,17+,18+,20?,21?,22?,23+,24+;15-,17+,18-,20?,21?,22?,23+,24+;15-,17+,20?,21?,22?,23+,24+/m1111/s1. The maximum atomic E-state index is 12.0. The van der Waals surface area contributed by atoms with Gasteiger partial charge >= 0.3 is 0 Å². The second-order valence-electron chi connectivity index (χ2n) is 39.7. The van der Waals surface area contributed by atoms with E-state index in [1.807, 2.05) is 6.08 Å². The first-order valence-corrected chi connectivity index (χ1v) is 42.9. The van der Waals surface area contributed by atoms with Crippen LogP contribution in [0.1, 0.15) is 261 Å². The van der Waals surface area contributed by atoms with Gasteiger partial charge in [0.15, 0.2) is 5.79 Å². The summed E-state index contributed by atoms with van der Waals surface area (Å²) in [5, 5.41) is 66.2. The highest BCUT2D eigenvalue weighted by Gasteiger charge is 2.71. The summed E-state index contributed by atoms with van der Waals surface area (Å²) in [5.74, 6) is 20.8. The van der Waals surface area contributed by atoms with Gasteiger partial charge in [-0.1, -0.05) is 148 Å². The fraction of sp³-hybridized carbons (Fsp3) is 0.745. The van der Waals surface area contributed by atoms with Crippen LogP contribution < -0.4 is 0 Å². The third-order valence-electron chi connectivity index (χ3n) is 35.6. The molecule has 0 radical (unpaired) electrons. The summed E-state index contributed by atoms with van der Waals surface area (Å²) in [4.78, 5) is 12.0. The van der Waals surface area contributed by atoms with Gasteiger partial charge in [-0.15, -0.1) is 52.0 Å². The Morgan fingerprint density at radius 2 is 0.710 bits per heavy atom. The van der Waals surface area contributed by atoms with Crippen LogP contribution in [0.4, 0.5) is 0 Å². The molecular formula is C98H138O9. The van der Waals surface area contributed by atoms with Gasteiger partial charge in [0.2, 0.25) is 0 Å². The van der Waals surface area contributed by atoms with Crippen LogP contribution in [0.3, 0.4) is 0 Å². The minimum atomic E-state index is -1.00. The number of hydrogen-bond donors (Lipinski definition) is 6. The molecule has 30 atom stereocenters. The molecule has 12 unspecified atom stereocenters. The lowest BCUT2D eigenvalue weighted by Crippen LogP contribution is -2.55. The molecule has 8 saturated carbocycles. The number of aliphatic hydroxyl groups excluding tert-OH is 2. The van der Waals surface area contributed by atoms with Crippen LogP contribution in [0.15, 0.2) is 95.2 Å². The van der Waals surface area contributed by atoms with Crippen molar-refractivity contribution in [1.29, 1.82) is 0 Å². The molecule has 0 amide bonds. The van der Waals surface area contributed by atoms with Crippen molar-refractivity contribution in [3.8, 4) is 49.4 Å². The van der Waals surface area contributed by atoms with Gasteiger partial charge in [-0.25, -0.2) is 0 Å². The Bertz CT molecular complexity index is 3640. The van der Waals surface area contributed by atoms with E-state index < -0.39 is 28.2 Å². The highest BCUT2D eigenvalue weighted by Crippen LogP contribution is 2.73. The Hall–Kier alpha value is -4.49. The van der Waals surface area contributed by atoms with Gasteiger partial charge in [0.05, 0.1) is 12.2 Å². The van der Waals surface area contributed by atoms with Crippen molar-refractivity contribution in [3.05, 3.63) is 95.2 Å². The second kappa shape index (κ2) is 30.1. The first-order chi connectivity index (χ1) is 50.8. The number of rotatable bonds is 10. The quantitative estimate of drug-likeness (QED) is 0.0712. The third-order valence-corrected chi connectivity index (χ3v) is 35.6. The van der Waals surface area contributed by atoms with Gasteiger partial charge in [-0.2, -0.15) is 0 Å². The fourth-order valence-corrected chi connectivity index (χ4v) is 30.6. The smallest absolute Gasteiger partial charge is 0.171 e. The number of hydrogen-bond acceptors (Lipinski definition) is 9. The van der Waals surface area contributed by atoms with Crippen molar-refractivity contribution in [1.82, 2.24) is 0 Å². The zero-order valence-electron chi connectivity index (χ0n) is 67.7. The van der Waals surface area contributed by atoms with Crippen molar-refractivity contribution in [2.24, 2.45) is 140 Å². The summed E-state index contributed by atoms with van der Waals surface area (Å²) in [6.45, 7) is 33.8. The van der Waals surface area contributed by atoms with Crippen LogP contribution in [0.5, 0.6) is 0 Å². The van der Waals surface area contributed by atoms with Crippen LogP contribution in [0.25, 0.3) is 0 Å².